The van der Waals surface area contributed by atoms with Gasteiger partial charge in [0.1, 0.15) is 0 Å². The van der Waals surface area contributed by atoms with Gasteiger partial charge in [-0.2, -0.15) is 0 Å². The number of benzene rings is 2. The highest BCUT2D eigenvalue weighted by Crippen LogP contribution is 2.23. The number of para-hydroxylation sites is 1. The average Bonchev–Trinajstić information content (AvgIpc) is 2.59. The molecule has 0 radical (unpaired) electrons. The molecule has 1 N–H and O–H groups in total. The van der Waals surface area contributed by atoms with Crippen LogP contribution in [-0.4, -0.2) is 18.5 Å². The van der Waals surface area contributed by atoms with Crippen LogP contribution >= 0.6 is 11.6 Å². The quantitative estimate of drug-likeness (QED) is 0.604. The first-order valence-electron chi connectivity index (χ1n) is 7.95. The Hall–Kier alpha value is -2.59. The Morgan fingerprint density at radius 1 is 1.12 bits per heavy atom. The van der Waals surface area contributed by atoms with Gasteiger partial charge in [-0.25, -0.2) is 4.79 Å². The van der Waals surface area contributed by atoms with Gasteiger partial charge in [0.2, 0.25) is 0 Å². The Balaban J connectivity index is 1.85. The number of hydrogen-bond donors (Lipinski definition) is 1. The number of ether oxygens (including phenoxy) is 1. The van der Waals surface area contributed by atoms with Crippen molar-refractivity contribution in [3.05, 3.63) is 70.8 Å². The maximum Gasteiger partial charge on any atom is 0.331 e. The zero-order chi connectivity index (χ0) is 18.2. The van der Waals surface area contributed by atoms with Gasteiger partial charge in [-0.3, -0.25) is 4.79 Å². The molecule has 0 saturated heterocycles. The molecule has 130 valence electrons. The Kier molecular flexibility index (Phi) is 6.78. The second-order valence-electron chi connectivity index (χ2n) is 5.78. The largest absolute Gasteiger partial charge is 0.452 e. The minimum absolute atomic E-state index is 0.279. The molecule has 0 aromatic heterocycles. The Morgan fingerprint density at radius 3 is 2.48 bits per heavy atom. The van der Waals surface area contributed by atoms with Crippen molar-refractivity contribution < 1.29 is 14.3 Å². The van der Waals surface area contributed by atoms with E-state index in [2.05, 4.69) is 5.32 Å². The summed E-state index contributed by atoms with van der Waals surface area (Å²) >= 11 is 5.80. The normalized spacial score (nSPS) is 10.9. The van der Waals surface area contributed by atoms with Gasteiger partial charge < -0.3 is 10.1 Å². The maximum absolute atomic E-state index is 12.0. The summed E-state index contributed by atoms with van der Waals surface area (Å²) in [5.41, 5.74) is 2.58. The smallest absolute Gasteiger partial charge is 0.331 e. The third-order valence-corrected chi connectivity index (χ3v) is 3.74. The molecule has 2 rings (SSSR count). The topological polar surface area (TPSA) is 55.4 Å². The Bertz CT molecular complexity index is 767. The molecule has 1 amide bonds. The van der Waals surface area contributed by atoms with Crippen LogP contribution in [0.5, 0.6) is 0 Å². The van der Waals surface area contributed by atoms with E-state index in [9.17, 15) is 9.59 Å². The second kappa shape index (κ2) is 9.04. The first-order chi connectivity index (χ1) is 12.0. The number of hydrogen-bond acceptors (Lipinski definition) is 3. The first-order valence-corrected chi connectivity index (χ1v) is 8.32. The van der Waals surface area contributed by atoms with Crippen LogP contribution in [0.25, 0.3) is 6.08 Å². The van der Waals surface area contributed by atoms with Crippen molar-refractivity contribution in [3.8, 4) is 0 Å². The van der Waals surface area contributed by atoms with Gasteiger partial charge in [-0.15, -0.1) is 0 Å². The van der Waals surface area contributed by atoms with Gasteiger partial charge in [-0.05, 0) is 41.3 Å². The standard InChI is InChI=1S/C20H20ClNO3/c1-14(2)17-5-3-4-6-18(17)22-19(23)13-25-20(24)12-9-15-7-10-16(21)11-8-15/h3-12,14H,13H2,1-2H3,(H,22,23)/b12-9+. The predicted molar refractivity (Wildman–Crippen MR) is 101 cm³/mol. The number of nitrogens with one attached hydrogen (secondary N) is 1. The van der Waals surface area contributed by atoms with Crippen LogP contribution in [0.2, 0.25) is 5.02 Å². The number of carbonyl (C=O) groups excluding carboxylic acids is 2. The summed E-state index contributed by atoms with van der Waals surface area (Å²) in [6, 6.07) is 14.6. The van der Waals surface area contributed by atoms with Crippen LogP contribution < -0.4 is 5.32 Å². The molecule has 0 aliphatic carbocycles. The minimum Gasteiger partial charge on any atom is -0.452 e. The number of esters is 1. The van der Waals surface area contributed by atoms with E-state index in [1.54, 1.807) is 30.3 Å². The molecule has 0 atom stereocenters. The zero-order valence-electron chi connectivity index (χ0n) is 14.2. The SMILES string of the molecule is CC(C)c1ccccc1NC(=O)COC(=O)/C=C/c1ccc(Cl)cc1. The van der Waals surface area contributed by atoms with Gasteiger partial charge in [0.15, 0.2) is 6.61 Å². The molecule has 0 bridgehead atoms. The molecule has 0 aliphatic heterocycles. The molecule has 2 aromatic carbocycles. The summed E-state index contributed by atoms with van der Waals surface area (Å²) in [4.78, 5) is 23.7. The molecule has 4 nitrogen and oxygen atoms in total. The van der Waals surface area contributed by atoms with E-state index in [0.717, 1.165) is 16.8 Å². The number of amides is 1. The summed E-state index contributed by atoms with van der Waals surface area (Å²) in [5.74, 6) is -0.676. The van der Waals surface area contributed by atoms with Crippen molar-refractivity contribution >= 4 is 35.2 Å². The van der Waals surface area contributed by atoms with Crippen LogP contribution in [0.3, 0.4) is 0 Å². The molecule has 0 saturated carbocycles. The van der Waals surface area contributed by atoms with Crippen LogP contribution in [0, 0.1) is 0 Å². The van der Waals surface area contributed by atoms with Crippen molar-refractivity contribution in [2.24, 2.45) is 0 Å². The third kappa shape index (κ3) is 6.08. The van der Waals surface area contributed by atoms with Gasteiger partial charge in [0.05, 0.1) is 0 Å². The molecular weight excluding hydrogens is 338 g/mol. The lowest BCUT2D eigenvalue weighted by atomic mass is 10.0. The lowest BCUT2D eigenvalue weighted by Gasteiger charge is -2.13. The number of halogens is 1. The van der Waals surface area contributed by atoms with E-state index in [1.807, 2.05) is 38.1 Å². The molecule has 0 unspecified atom stereocenters. The van der Waals surface area contributed by atoms with Crippen LogP contribution in [-0.2, 0) is 14.3 Å². The summed E-state index contributed by atoms with van der Waals surface area (Å²) < 4.78 is 4.96. The highest BCUT2D eigenvalue weighted by atomic mass is 35.5. The minimum atomic E-state index is -0.581. The second-order valence-corrected chi connectivity index (χ2v) is 6.22. The van der Waals surface area contributed by atoms with E-state index in [-0.39, 0.29) is 18.4 Å². The summed E-state index contributed by atoms with van der Waals surface area (Å²) in [6.45, 7) is 3.76. The van der Waals surface area contributed by atoms with E-state index in [1.165, 1.54) is 6.08 Å². The third-order valence-electron chi connectivity index (χ3n) is 3.48. The summed E-state index contributed by atoms with van der Waals surface area (Å²) in [5, 5.41) is 3.40. The molecule has 0 fully saturated rings. The fourth-order valence-electron chi connectivity index (χ4n) is 2.22. The van der Waals surface area contributed by atoms with Gasteiger partial charge in [0.25, 0.3) is 5.91 Å². The van der Waals surface area contributed by atoms with E-state index in [4.69, 9.17) is 16.3 Å². The maximum atomic E-state index is 12.0. The lowest BCUT2D eigenvalue weighted by Crippen LogP contribution is -2.21. The molecular formula is C20H20ClNO3. The van der Waals surface area contributed by atoms with E-state index < -0.39 is 5.97 Å². The fraction of sp³-hybridized carbons (Fsp3) is 0.200. The van der Waals surface area contributed by atoms with Crippen molar-refractivity contribution in [3.63, 3.8) is 0 Å². The van der Waals surface area contributed by atoms with Gasteiger partial charge in [0, 0.05) is 16.8 Å². The van der Waals surface area contributed by atoms with Gasteiger partial charge in [-0.1, -0.05) is 55.8 Å². The zero-order valence-corrected chi connectivity index (χ0v) is 14.9. The van der Waals surface area contributed by atoms with Crippen LogP contribution in [0.4, 0.5) is 5.69 Å². The van der Waals surface area contributed by atoms with Crippen molar-refractivity contribution in [2.45, 2.75) is 19.8 Å². The van der Waals surface area contributed by atoms with Crippen molar-refractivity contribution in [1.82, 2.24) is 0 Å². The highest BCUT2D eigenvalue weighted by molar-refractivity contribution is 6.30. The summed E-state index contributed by atoms with van der Waals surface area (Å²) in [6.07, 6.45) is 2.88. The van der Waals surface area contributed by atoms with Crippen LogP contribution in [0.15, 0.2) is 54.6 Å². The Morgan fingerprint density at radius 2 is 1.80 bits per heavy atom. The summed E-state index contributed by atoms with van der Waals surface area (Å²) in [7, 11) is 0. The van der Waals surface area contributed by atoms with Crippen molar-refractivity contribution in [1.29, 1.82) is 0 Å². The number of anilines is 1. The molecule has 2 aromatic rings. The van der Waals surface area contributed by atoms with E-state index >= 15 is 0 Å². The molecule has 0 spiro atoms. The van der Waals surface area contributed by atoms with Crippen molar-refractivity contribution in [2.75, 3.05) is 11.9 Å². The Labute approximate surface area is 152 Å². The number of rotatable bonds is 6. The van der Waals surface area contributed by atoms with Gasteiger partial charge >= 0.3 is 5.97 Å². The first kappa shape index (κ1) is 18.7. The molecule has 25 heavy (non-hydrogen) atoms. The van der Waals surface area contributed by atoms with E-state index in [0.29, 0.717) is 5.02 Å². The van der Waals surface area contributed by atoms with Crippen LogP contribution in [0.1, 0.15) is 30.9 Å². The fourth-order valence-corrected chi connectivity index (χ4v) is 2.35. The molecule has 5 heteroatoms. The monoisotopic (exact) mass is 357 g/mol. The highest BCUT2D eigenvalue weighted by Gasteiger charge is 2.10. The average molecular weight is 358 g/mol. The lowest BCUT2D eigenvalue weighted by molar-refractivity contribution is -0.142. The predicted octanol–water partition coefficient (Wildman–Crippen LogP) is 4.66. The number of carbonyl (C=O) groups is 2. The molecule has 0 aliphatic rings. The molecule has 0 heterocycles.